The van der Waals surface area contributed by atoms with Gasteiger partial charge in [0.05, 0.1) is 0 Å². The Balaban J connectivity index is 3.02. The molecule has 0 aliphatic carbocycles. The molecule has 3 heteroatoms. The van der Waals surface area contributed by atoms with E-state index in [1.807, 2.05) is 20.8 Å². The average molecular weight is 202 g/mol. The van der Waals surface area contributed by atoms with Crippen molar-refractivity contribution in [3.8, 4) is 0 Å². The van der Waals surface area contributed by atoms with Crippen LogP contribution in [0.5, 0.6) is 0 Å². The molecule has 0 spiro atoms. The van der Waals surface area contributed by atoms with Gasteiger partial charge in [0.15, 0.2) is 17.5 Å². The summed E-state index contributed by atoms with van der Waals surface area (Å²) < 4.78 is 38.2. The van der Waals surface area contributed by atoms with Crippen LogP contribution in [0.25, 0.3) is 0 Å². The van der Waals surface area contributed by atoms with Gasteiger partial charge in [-0.15, -0.1) is 0 Å². The molecule has 0 aliphatic heterocycles. The minimum Gasteiger partial charge on any atom is -0.204 e. The quantitative estimate of drug-likeness (QED) is 0.609. The third kappa shape index (κ3) is 2.76. The van der Waals surface area contributed by atoms with E-state index in [2.05, 4.69) is 0 Å². The number of rotatable bonds is 1. The van der Waals surface area contributed by atoms with E-state index in [1.54, 1.807) is 0 Å². The first kappa shape index (κ1) is 11.1. The van der Waals surface area contributed by atoms with Gasteiger partial charge in [-0.1, -0.05) is 20.8 Å². The SMILES string of the molecule is CC(C)(C)Cc1cc(F)c(F)c(F)c1. The number of hydrogen-bond donors (Lipinski definition) is 0. The summed E-state index contributed by atoms with van der Waals surface area (Å²) in [6.45, 7) is 5.85. The first-order chi connectivity index (χ1) is 6.29. The minimum atomic E-state index is -1.40. The molecule has 0 aliphatic rings. The summed E-state index contributed by atoms with van der Waals surface area (Å²) in [5.74, 6) is -3.64. The van der Waals surface area contributed by atoms with Gasteiger partial charge in [-0.05, 0) is 29.5 Å². The van der Waals surface area contributed by atoms with Crippen LogP contribution < -0.4 is 0 Å². The normalized spacial score (nSPS) is 11.9. The van der Waals surface area contributed by atoms with Crippen molar-refractivity contribution in [3.05, 3.63) is 35.1 Å². The molecule has 0 fully saturated rings. The number of hydrogen-bond acceptors (Lipinski definition) is 0. The molecule has 0 radical (unpaired) electrons. The van der Waals surface area contributed by atoms with E-state index in [-0.39, 0.29) is 5.41 Å². The lowest BCUT2D eigenvalue weighted by molar-refractivity contribution is 0.402. The Morgan fingerprint density at radius 2 is 1.43 bits per heavy atom. The maximum Gasteiger partial charge on any atom is 0.194 e. The van der Waals surface area contributed by atoms with Crippen LogP contribution in [0.1, 0.15) is 26.3 Å². The molecule has 0 saturated heterocycles. The maximum atomic E-state index is 12.8. The maximum absolute atomic E-state index is 12.8. The predicted molar refractivity (Wildman–Crippen MR) is 49.5 cm³/mol. The van der Waals surface area contributed by atoms with Crippen LogP contribution in [0.2, 0.25) is 0 Å². The van der Waals surface area contributed by atoms with E-state index in [9.17, 15) is 13.2 Å². The summed E-state index contributed by atoms with van der Waals surface area (Å²) in [4.78, 5) is 0. The van der Waals surface area contributed by atoms with Crippen LogP contribution in [0.4, 0.5) is 13.2 Å². The molecule has 0 unspecified atom stereocenters. The topological polar surface area (TPSA) is 0 Å². The van der Waals surface area contributed by atoms with Gasteiger partial charge in [0.25, 0.3) is 0 Å². The van der Waals surface area contributed by atoms with Crippen molar-refractivity contribution in [3.63, 3.8) is 0 Å². The van der Waals surface area contributed by atoms with Gasteiger partial charge in [0.2, 0.25) is 0 Å². The van der Waals surface area contributed by atoms with Gasteiger partial charge in [-0.25, -0.2) is 13.2 Å². The van der Waals surface area contributed by atoms with Crippen LogP contribution in [-0.4, -0.2) is 0 Å². The molecule has 78 valence electrons. The highest BCUT2D eigenvalue weighted by Gasteiger charge is 2.15. The van der Waals surface area contributed by atoms with E-state index < -0.39 is 17.5 Å². The second-order valence-corrected chi connectivity index (χ2v) is 4.61. The van der Waals surface area contributed by atoms with Crippen molar-refractivity contribution in [2.45, 2.75) is 27.2 Å². The highest BCUT2D eigenvalue weighted by molar-refractivity contribution is 5.20. The molecular weight excluding hydrogens is 189 g/mol. The lowest BCUT2D eigenvalue weighted by atomic mass is 9.88. The van der Waals surface area contributed by atoms with Crippen molar-refractivity contribution in [2.75, 3.05) is 0 Å². The third-order valence-electron chi connectivity index (χ3n) is 1.78. The molecule has 0 nitrogen and oxygen atoms in total. The van der Waals surface area contributed by atoms with Crippen molar-refractivity contribution in [1.82, 2.24) is 0 Å². The second-order valence-electron chi connectivity index (χ2n) is 4.61. The molecule has 0 heterocycles. The van der Waals surface area contributed by atoms with Crippen molar-refractivity contribution in [1.29, 1.82) is 0 Å². The fourth-order valence-corrected chi connectivity index (χ4v) is 1.32. The Morgan fingerprint density at radius 3 is 1.79 bits per heavy atom. The molecule has 14 heavy (non-hydrogen) atoms. The van der Waals surface area contributed by atoms with Crippen LogP contribution in [0, 0.1) is 22.9 Å². The van der Waals surface area contributed by atoms with Gasteiger partial charge >= 0.3 is 0 Å². The average Bonchev–Trinajstić information content (AvgIpc) is 1.96. The molecule has 0 bridgehead atoms. The number of halogens is 3. The Labute approximate surface area is 81.8 Å². The van der Waals surface area contributed by atoms with E-state index in [1.165, 1.54) is 0 Å². The zero-order valence-corrected chi connectivity index (χ0v) is 8.50. The smallest absolute Gasteiger partial charge is 0.194 e. The van der Waals surface area contributed by atoms with Crippen molar-refractivity contribution < 1.29 is 13.2 Å². The van der Waals surface area contributed by atoms with E-state index in [0.717, 1.165) is 12.1 Å². The standard InChI is InChI=1S/C11H13F3/c1-11(2,3)6-7-4-8(12)10(14)9(13)5-7/h4-5H,6H2,1-3H3. The summed E-state index contributed by atoms with van der Waals surface area (Å²) >= 11 is 0. The Kier molecular flexibility index (Phi) is 2.88. The second kappa shape index (κ2) is 3.64. The summed E-state index contributed by atoms with van der Waals surface area (Å²) in [6.07, 6.45) is 0.515. The lowest BCUT2D eigenvalue weighted by Gasteiger charge is -2.18. The summed E-state index contributed by atoms with van der Waals surface area (Å²) in [5, 5.41) is 0. The molecular formula is C11H13F3. The molecule has 0 aromatic heterocycles. The van der Waals surface area contributed by atoms with E-state index >= 15 is 0 Å². The fourth-order valence-electron chi connectivity index (χ4n) is 1.32. The predicted octanol–water partition coefficient (Wildman–Crippen LogP) is 3.69. The Bertz CT molecular complexity index is 314. The molecule has 0 amide bonds. The lowest BCUT2D eigenvalue weighted by Crippen LogP contribution is -2.10. The van der Waals surface area contributed by atoms with E-state index in [0.29, 0.717) is 12.0 Å². The van der Waals surface area contributed by atoms with Crippen molar-refractivity contribution in [2.24, 2.45) is 5.41 Å². The highest BCUT2D eigenvalue weighted by atomic mass is 19.2. The summed E-state index contributed by atoms with van der Waals surface area (Å²) in [6, 6.07) is 2.09. The van der Waals surface area contributed by atoms with Gasteiger partial charge in [0, 0.05) is 0 Å². The zero-order valence-electron chi connectivity index (χ0n) is 8.50. The fraction of sp³-hybridized carbons (Fsp3) is 0.455. The van der Waals surface area contributed by atoms with Crippen molar-refractivity contribution >= 4 is 0 Å². The molecule has 0 N–H and O–H groups in total. The van der Waals surface area contributed by atoms with Crippen LogP contribution in [0.3, 0.4) is 0 Å². The van der Waals surface area contributed by atoms with Crippen LogP contribution >= 0.6 is 0 Å². The van der Waals surface area contributed by atoms with Gasteiger partial charge < -0.3 is 0 Å². The third-order valence-corrected chi connectivity index (χ3v) is 1.78. The van der Waals surface area contributed by atoms with Gasteiger partial charge in [0.1, 0.15) is 0 Å². The van der Waals surface area contributed by atoms with Gasteiger partial charge in [-0.2, -0.15) is 0 Å². The zero-order chi connectivity index (χ0) is 10.9. The summed E-state index contributed by atoms with van der Waals surface area (Å²) in [5.41, 5.74) is 0.408. The molecule has 1 aromatic rings. The Hall–Kier alpha value is -0.990. The highest BCUT2D eigenvalue weighted by Crippen LogP contribution is 2.22. The molecule has 0 saturated carbocycles. The first-order valence-electron chi connectivity index (χ1n) is 4.43. The molecule has 1 rings (SSSR count). The number of benzene rings is 1. The molecule has 1 aromatic carbocycles. The van der Waals surface area contributed by atoms with E-state index in [4.69, 9.17) is 0 Å². The van der Waals surface area contributed by atoms with Crippen LogP contribution in [0.15, 0.2) is 12.1 Å². The molecule has 0 atom stereocenters. The van der Waals surface area contributed by atoms with Crippen LogP contribution in [-0.2, 0) is 6.42 Å². The first-order valence-corrected chi connectivity index (χ1v) is 4.43. The van der Waals surface area contributed by atoms with Gasteiger partial charge in [-0.3, -0.25) is 0 Å². The largest absolute Gasteiger partial charge is 0.204 e. The Morgan fingerprint density at radius 1 is 1.00 bits per heavy atom. The monoisotopic (exact) mass is 202 g/mol. The summed E-state index contributed by atoms with van der Waals surface area (Å²) in [7, 11) is 0. The minimum absolute atomic E-state index is 0.0727.